The van der Waals surface area contributed by atoms with Crippen molar-refractivity contribution < 1.29 is 114 Å². The first-order chi connectivity index (χ1) is 43.4. The van der Waals surface area contributed by atoms with Gasteiger partial charge < -0.3 is 80.3 Å². The van der Waals surface area contributed by atoms with Gasteiger partial charge in [0.2, 0.25) is 0 Å². The van der Waals surface area contributed by atoms with Gasteiger partial charge in [0.15, 0.2) is 81.8 Å². The Morgan fingerprint density at radius 1 is 0.581 bits per heavy atom. The molecule has 0 aromatic rings. The number of hydrogen-bond acceptors (Lipinski definition) is 24. The Bertz CT molecular complexity index is 2790. The van der Waals surface area contributed by atoms with Crippen molar-refractivity contribution in [3.05, 3.63) is 11.6 Å². The van der Waals surface area contributed by atoms with Crippen molar-refractivity contribution in [2.75, 3.05) is 13.2 Å². The Hall–Kier alpha value is -4.44. The monoisotopic (exact) mass is 1330 g/mol. The fraction of sp³-hybridized carbons (Fsp3) is 0.853. The van der Waals surface area contributed by atoms with Crippen LogP contribution in [0.1, 0.15) is 181 Å². The minimum atomic E-state index is -2.74. The first-order valence-corrected chi connectivity index (χ1v) is 36.7. The lowest BCUT2D eigenvalue weighted by Crippen LogP contribution is -2.68. The van der Waals surface area contributed by atoms with Crippen LogP contribution in [-0.4, -0.2) is 179 Å². The predicted molar refractivity (Wildman–Crippen MR) is 330 cm³/mol. The fourth-order valence-electron chi connectivity index (χ4n) is 17.0. The highest BCUT2D eigenvalue weighted by Crippen LogP contribution is 2.71. The van der Waals surface area contributed by atoms with Crippen LogP contribution in [0.5, 0.6) is 0 Å². The molecule has 1 spiro atoms. The topological polar surface area (TPSA) is 284 Å². The maximum absolute atomic E-state index is 14.6. The summed E-state index contributed by atoms with van der Waals surface area (Å²) in [5.41, 5.74) is 1.20. The van der Waals surface area contributed by atoms with Gasteiger partial charge in [-0.25, -0.2) is 0 Å². The molecule has 4 aliphatic carbocycles. The number of allylic oxidation sites excluding steroid dienone is 1. The van der Waals surface area contributed by atoms with E-state index in [-0.39, 0.29) is 46.7 Å². The van der Waals surface area contributed by atoms with Crippen LogP contribution in [0.3, 0.4) is 0 Å². The molecule has 0 radical (unpaired) electrons. The molecule has 524 valence electrons. The minimum absolute atomic E-state index is 0.0992. The average molecular weight is 1330 g/mol. The largest absolute Gasteiger partial charge is 0.456 e. The lowest BCUT2D eigenvalue weighted by Gasteiger charge is -2.59. The first-order valence-electron chi connectivity index (χ1n) is 33.8. The van der Waals surface area contributed by atoms with Crippen LogP contribution < -0.4 is 0 Å². The van der Waals surface area contributed by atoms with Gasteiger partial charge in [-0.05, 0) is 131 Å². The zero-order valence-corrected chi connectivity index (χ0v) is 58.8. The molecule has 8 fully saturated rings. The molecule has 5 saturated heterocycles. The molecule has 0 amide bonds. The van der Waals surface area contributed by atoms with Crippen molar-refractivity contribution in [2.45, 2.75) is 310 Å². The normalized spacial score (nSPS) is 42.2. The molecule has 5 aliphatic heterocycles. The molecule has 26 atom stereocenters. The van der Waals surface area contributed by atoms with Gasteiger partial charge in [0.05, 0.1) is 44.1 Å². The van der Waals surface area contributed by atoms with Crippen LogP contribution in [-0.2, 0) is 114 Å². The minimum Gasteiger partial charge on any atom is -0.456 e. The van der Waals surface area contributed by atoms with E-state index in [1.165, 1.54) is 26.3 Å². The molecule has 0 N–H and O–H groups in total. The molecular weight excluding hydrogens is 1230 g/mol. The molecule has 0 unspecified atom stereocenters. The lowest BCUT2D eigenvalue weighted by molar-refractivity contribution is -0.388. The number of rotatable bonds is 19. The molecule has 9 aliphatic rings. The van der Waals surface area contributed by atoms with Crippen molar-refractivity contribution in [3.8, 4) is 0 Å². The summed E-state index contributed by atoms with van der Waals surface area (Å²) < 4.78 is 104. The highest BCUT2D eigenvalue weighted by atomic mass is 28.4. The number of fused-ring (bicyclic) bond motifs is 7. The second-order valence-corrected chi connectivity index (χ2v) is 34.9. The number of ether oxygens (including phenoxy) is 15. The van der Waals surface area contributed by atoms with Gasteiger partial charge in [-0.15, -0.1) is 0 Å². The second kappa shape index (κ2) is 28.6. The Morgan fingerprint density at radius 2 is 1.10 bits per heavy atom. The van der Waals surface area contributed by atoms with Gasteiger partial charge in [0.25, 0.3) is 0 Å². The highest BCUT2D eigenvalue weighted by Gasteiger charge is 2.69. The standard InChI is InChI=1S/C68H104O24Si/c1-33-23-28-68(77-31-33)35(3)52-49(92-68)30-48-46-21-20-44-29-45(24-26-66(44,15)47(46)25-27-67(48,52)16)87-64-61(91-63-60(86-43(11)75)57(84-41(9)73)54(37(5)80-63)82-39(7)71)58(89-51(76)22-19-34(2)69)55(50(88-64)32-78-93(17,18)65(12,13)14)90-62-59(85-42(10)74)56(83-40(8)72)53(36(4)79-62)81-38(6)70/h20,33,35-37,45-50,52-64H,19,21-32H2,1-18H3/t33-,35+,36+,37+,45+,46-,47+,48+,49+,50-,52+,53+,54+,55-,56-,57-,58+,59-,60-,61-,62+,63+,64-,66+,67+,68-/m1/s1. The van der Waals surface area contributed by atoms with Gasteiger partial charge in [-0.1, -0.05) is 60.1 Å². The summed E-state index contributed by atoms with van der Waals surface area (Å²) in [4.78, 5) is 105. The molecular formula is C68H104O24Si. The van der Waals surface area contributed by atoms with Gasteiger partial charge in [0.1, 0.15) is 18.0 Å². The fourth-order valence-corrected chi connectivity index (χ4v) is 18.0. The van der Waals surface area contributed by atoms with E-state index in [1.807, 2.05) is 13.1 Å². The SMILES string of the molecule is CC(=O)CCC(=O)O[C@@H]1[C@@H](O[C@@H]2O[C@@H](C)[C@H](OC(C)=O)[C@@H](OC(C)=O)[C@H]2OC(C)=O)[C@H](O[C@H]2CC[C@@]3(C)C(=CC[C@H]4[C@@H]5C[C@@H]6O[C@]7(CC[C@@H](C)CO7)[C@@H](C)[C@@H]6[C@@]5(C)CC[C@@H]43)C2)O[C@H](CO[Si](C)(C)C(C)(C)C)[C@H]1O[C@@H]1O[C@@H](C)[C@H](OC(C)=O)[C@@H](OC(C)=O)[C@H]1OC(C)=O. The summed E-state index contributed by atoms with van der Waals surface area (Å²) in [6, 6.07) is 0. The Balaban J connectivity index is 1.12. The van der Waals surface area contributed by atoms with Crippen molar-refractivity contribution in [3.63, 3.8) is 0 Å². The maximum atomic E-state index is 14.6. The maximum Gasteiger partial charge on any atom is 0.306 e. The van der Waals surface area contributed by atoms with Crippen molar-refractivity contribution in [2.24, 2.45) is 46.3 Å². The Kier molecular flexibility index (Phi) is 22.4. The van der Waals surface area contributed by atoms with E-state index >= 15 is 0 Å². The number of hydrogen-bond donors (Lipinski definition) is 0. The molecule has 5 heterocycles. The van der Waals surface area contributed by atoms with Crippen molar-refractivity contribution in [1.29, 1.82) is 0 Å². The predicted octanol–water partition coefficient (Wildman–Crippen LogP) is 8.62. The summed E-state index contributed by atoms with van der Waals surface area (Å²) in [5.74, 6) is -4.09. The van der Waals surface area contributed by atoms with Crippen molar-refractivity contribution in [1.82, 2.24) is 0 Å². The van der Waals surface area contributed by atoms with Gasteiger partial charge in [-0.2, -0.15) is 0 Å². The molecule has 0 bridgehead atoms. The number of carbonyl (C=O) groups excluding carboxylic acids is 8. The van der Waals surface area contributed by atoms with Crippen LogP contribution in [0.4, 0.5) is 0 Å². The van der Waals surface area contributed by atoms with E-state index in [9.17, 15) is 38.4 Å². The average Bonchev–Trinajstić information content (AvgIpc) is 1.57. The van der Waals surface area contributed by atoms with Gasteiger partial charge in [0, 0.05) is 60.3 Å². The van der Waals surface area contributed by atoms with E-state index < -0.39 is 161 Å². The number of Topliss-reactive ketones (excluding diaryl/α,β-unsaturated/α-hetero) is 1. The van der Waals surface area contributed by atoms with E-state index in [0.717, 1.165) is 93.1 Å². The molecule has 0 aromatic heterocycles. The van der Waals surface area contributed by atoms with E-state index in [1.54, 1.807) is 0 Å². The second-order valence-electron chi connectivity index (χ2n) is 30.1. The zero-order chi connectivity index (χ0) is 68.2. The summed E-state index contributed by atoms with van der Waals surface area (Å²) in [7, 11) is -2.74. The zero-order valence-electron chi connectivity index (χ0n) is 57.8. The molecule has 0 aromatic carbocycles. The number of esters is 7. The third kappa shape index (κ3) is 15.5. The number of carbonyl (C=O) groups is 8. The van der Waals surface area contributed by atoms with E-state index in [0.29, 0.717) is 42.4 Å². The first kappa shape index (κ1) is 72.8. The van der Waals surface area contributed by atoms with Crippen LogP contribution in [0.2, 0.25) is 18.1 Å². The van der Waals surface area contributed by atoms with Crippen LogP contribution >= 0.6 is 0 Å². The molecule has 24 nitrogen and oxygen atoms in total. The summed E-state index contributed by atoms with van der Waals surface area (Å²) in [5, 5.41) is -0.362. The Morgan fingerprint density at radius 3 is 1.61 bits per heavy atom. The smallest absolute Gasteiger partial charge is 0.306 e. The van der Waals surface area contributed by atoms with Crippen LogP contribution in [0, 0.1) is 46.3 Å². The van der Waals surface area contributed by atoms with Crippen LogP contribution in [0.25, 0.3) is 0 Å². The van der Waals surface area contributed by atoms with Gasteiger partial charge >= 0.3 is 41.8 Å². The van der Waals surface area contributed by atoms with Gasteiger partial charge in [-0.3, -0.25) is 33.6 Å². The summed E-state index contributed by atoms with van der Waals surface area (Å²) in [6.45, 7) is 31.5. The molecule has 3 saturated carbocycles. The third-order valence-electron chi connectivity index (χ3n) is 22.5. The molecule has 93 heavy (non-hydrogen) atoms. The summed E-state index contributed by atoms with van der Waals surface area (Å²) in [6.07, 6.45) is -13.3. The summed E-state index contributed by atoms with van der Waals surface area (Å²) >= 11 is 0. The van der Waals surface area contributed by atoms with Crippen LogP contribution in [0.15, 0.2) is 11.6 Å². The number of ketones is 1. The van der Waals surface area contributed by atoms with E-state index in [2.05, 4.69) is 54.5 Å². The molecule has 9 rings (SSSR count). The Labute approximate surface area is 548 Å². The van der Waals surface area contributed by atoms with E-state index in [4.69, 9.17) is 75.5 Å². The quantitative estimate of drug-likeness (QED) is 0.0506. The lowest BCUT2D eigenvalue weighted by atomic mass is 9.47. The third-order valence-corrected chi connectivity index (χ3v) is 27.0. The van der Waals surface area contributed by atoms with Crippen molar-refractivity contribution >= 4 is 55.9 Å². The highest BCUT2D eigenvalue weighted by molar-refractivity contribution is 6.74. The molecule has 25 heteroatoms.